The highest BCUT2D eigenvalue weighted by molar-refractivity contribution is 7.92. The Kier molecular flexibility index (Phi) is 4.77. The first-order chi connectivity index (χ1) is 11.3. The molecule has 0 N–H and O–H groups in total. The first kappa shape index (κ1) is 17.5. The first-order valence-corrected chi connectivity index (χ1v) is 9.88. The fourth-order valence-corrected chi connectivity index (χ4v) is 6.50. The van der Waals surface area contributed by atoms with E-state index in [0.29, 0.717) is 13.1 Å². The molecule has 0 aromatic heterocycles. The van der Waals surface area contributed by atoms with Crippen LogP contribution in [0, 0.1) is 5.92 Å². The van der Waals surface area contributed by atoms with Gasteiger partial charge in [0.15, 0.2) is 9.84 Å². The lowest BCUT2D eigenvalue weighted by atomic mass is 10.00. The zero-order valence-corrected chi connectivity index (χ0v) is 15.5. The summed E-state index contributed by atoms with van der Waals surface area (Å²) in [6.45, 7) is 2.12. The number of ether oxygens (including phenoxy) is 2. The summed E-state index contributed by atoms with van der Waals surface area (Å²) in [5.41, 5.74) is 1.07. The van der Waals surface area contributed by atoms with Crippen LogP contribution >= 0.6 is 0 Å². The normalized spacial score (nSPS) is 29.0. The molecule has 2 saturated heterocycles. The topological polar surface area (TPSA) is 59.1 Å². The summed E-state index contributed by atoms with van der Waals surface area (Å²) in [6, 6.07) is 5.92. The maximum absolute atomic E-state index is 12.5. The monoisotopic (exact) mass is 354 g/mol. The minimum Gasteiger partial charge on any atom is -0.497 e. The van der Waals surface area contributed by atoms with Crippen molar-refractivity contribution in [1.29, 1.82) is 0 Å². The maximum Gasteiger partial charge on any atom is 0.156 e. The Labute approximate surface area is 144 Å². The van der Waals surface area contributed by atoms with E-state index >= 15 is 0 Å². The van der Waals surface area contributed by atoms with Gasteiger partial charge in [-0.25, -0.2) is 8.42 Å². The summed E-state index contributed by atoms with van der Waals surface area (Å²) in [7, 11) is 4.20. The van der Waals surface area contributed by atoms with Crippen molar-refractivity contribution in [2.75, 3.05) is 47.2 Å². The van der Waals surface area contributed by atoms with Gasteiger partial charge in [0.05, 0.1) is 25.2 Å². The van der Waals surface area contributed by atoms with Crippen molar-refractivity contribution in [2.24, 2.45) is 5.92 Å². The molecule has 6 nitrogen and oxygen atoms in total. The lowest BCUT2D eigenvalue weighted by Crippen LogP contribution is -2.37. The van der Waals surface area contributed by atoms with Gasteiger partial charge in [-0.05, 0) is 31.8 Å². The number of methoxy groups -OCH3 is 2. The second-order valence-electron chi connectivity index (χ2n) is 6.98. The third-order valence-electron chi connectivity index (χ3n) is 5.22. The zero-order chi connectivity index (χ0) is 17.5. The highest BCUT2D eigenvalue weighted by Crippen LogP contribution is 2.36. The van der Waals surface area contributed by atoms with E-state index in [9.17, 15) is 8.42 Å². The quantitative estimate of drug-likeness (QED) is 0.782. The third kappa shape index (κ3) is 3.25. The average molecular weight is 354 g/mol. The Morgan fingerprint density at radius 1 is 1.12 bits per heavy atom. The second kappa shape index (κ2) is 6.54. The molecule has 0 aliphatic carbocycles. The van der Waals surface area contributed by atoms with Gasteiger partial charge in [-0.15, -0.1) is 0 Å². The SMILES string of the molecule is COc1cc(CN2C[C@H]3[C@H](N(C)C)CS(=O)(=O)[C@H]3C2)cc(OC)c1. The number of sulfone groups is 1. The molecule has 134 valence electrons. The number of rotatable bonds is 5. The fraction of sp³-hybridized carbons (Fsp3) is 0.647. The minimum atomic E-state index is -3.00. The summed E-state index contributed by atoms with van der Waals surface area (Å²) in [5.74, 6) is 1.98. The first-order valence-electron chi connectivity index (χ1n) is 8.16. The van der Waals surface area contributed by atoms with E-state index in [1.165, 1.54) is 0 Å². The summed E-state index contributed by atoms with van der Waals surface area (Å²) in [6.07, 6.45) is 0. The van der Waals surface area contributed by atoms with Crippen molar-refractivity contribution in [3.8, 4) is 11.5 Å². The van der Waals surface area contributed by atoms with Gasteiger partial charge in [0, 0.05) is 37.7 Å². The van der Waals surface area contributed by atoms with Gasteiger partial charge in [0.2, 0.25) is 0 Å². The summed E-state index contributed by atoms with van der Waals surface area (Å²) in [5, 5.41) is -0.239. The average Bonchev–Trinajstić information content (AvgIpc) is 3.05. The number of nitrogens with zero attached hydrogens (tertiary/aromatic N) is 2. The molecule has 2 fully saturated rings. The second-order valence-corrected chi connectivity index (χ2v) is 9.24. The van der Waals surface area contributed by atoms with Crippen molar-refractivity contribution in [2.45, 2.75) is 17.8 Å². The molecular weight excluding hydrogens is 328 g/mol. The van der Waals surface area contributed by atoms with Crippen LogP contribution in [0.3, 0.4) is 0 Å². The highest BCUT2D eigenvalue weighted by Gasteiger charge is 2.52. The van der Waals surface area contributed by atoms with Crippen molar-refractivity contribution in [1.82, 2.24) is 9.80 Å². The Morgan fingerprint density at radius 2 is 1.75 bits per heavy atom. The van der Waals surface area contributed by atoms with E-state index in [4.69, 9.17) is 9.47 Å². The molecule has 2 aliphatic heterocycles. The van der Waals surface area contributed by atoms with E-state index in [1.54, 1.807) is 14.2 Å². The molecule has 2 heterocycles. The summed E-state index contributed by atoms with van der Waals surface area (Å²) >= 11 is 0. The third-order valence-corrected chi connectivity index (χ3v) is 7.45. The summed E-state index contributed by atoms with van der Waals surface area (Å²) in [4.78, 5) is 4.29. The largest absolute Gasteiger partial charge is 0.497 e. The van der Waals surface area contributed by atoms with Crippen LogP contribution in [0.15, 0.2) is 18.2 Å². The predicted molar refractivity (Wildman–Crippen MR) is 93.4 cm³/mol. The molecule has 1 aromatic rings. The van der Waals surface area contributed by atoms with Crippen LogP contribution in [-0.2, 0) is 16.4 Å². The van der Waals surface area contributed by atoms with Crippen molar-refractivity contribution >= 4 is 9.84 Å². The molecule has 0 radical (unpaired) electrons. The number of likely N-dealkylation sites (tertiary alicyclic amines) is 1. The molecule has 0 saturated carbocycles. The molecule has 0 unspecified atom stereocenters. The van der Waals surface area contributed by atoms with Crippen LogP contribution in [0.25, 0.3) is 0 Å². The lowest BCUT2D eigenvalue weighted by molar-refractivity contribution is 0.229. The summed E-state index contributed by atoms with van der Waals surface area (Å²) < 4.78 is 35.6. The van der Waals surface area contributed by atoms with Crippen LogP contribution in [0.2, 0.25) is 0 Å². The molecule has 1 aromatic carbocycles. The van der Waals surface area contributed by atoms with Gasteiger partial charge in [0.1, 0.15) is 11.5 Å². The van der Waals surface area contributed by atoms with E-state index in [0.717, 1.165) is 23.6 Å². The van der Waals surface area contributed by atoms with Gasteiger partial charge in [-0.2, -0.15) is 0 Å². The standard InChI is InChI=1S/C17H26N2O4S/c1-18(2)16-11-24(20,21)17-10-19(9-15(16)17)8-12-5-13(22-3)7-14(6-12)23-4/h5-7,15-17H,8-11H2,1-4H3/t15-,16+,17-/m0/s1. The Hall–Kier alpha value is -1.31. The van der Waals surface area contributed by atoms with E-state index in [1.807, 2.05) is 32.3 Å². The molecular formula is C17H26N2O4S. The zero-order valence-electron chi connectivity index (χ0n) is 14.7. The molecule has 0 amide bonds. The molecule has 3 rings (SSSR count). The van der Waals surface area contributed by atoms with E-state index in [2.05, 4.69) is 9.80 Å². The number of benzene rings is 1. The molecule has 0 bridgehead atoms. The van der Waals surface area contributed by atoms with Gasteiger partial charge in [-0.3, -0.25) is 4.90 Å². The molecule has 3 atom stereocenters. The smallest absolute Gasteiger partial charge is 0.156 e. The Bertz CT molecular complexity index is 682. The van der Waals surface area contributed by atoms with Crippen molar-refractivity contribution in [3.63, 3.8) is 0 Å². The van der Waals surface area contributed by atoms with Crippen LogP contribution in [0.4, 0.5) is 0 Å². The van der Waals surface area contributed by atoms with Crippen LogP contribution in [0.1, 0.15) is 5.56 Å². The molecule has 24 heavy (non-hydrogen) atoms. The molecule has 0 spiro atoms. The Balaban J connectivity index is 1.77. The van der Waals surface area contributed by atoms with E-state index < -0.39 is 9.84 Å². The number of fused-ring (bicyclic) bond motifs is 1. The predicted octanol–water partition coefficient (Wildman–Crippen LogP) is 0.863. The number of hydrogen-bond acceptors (Lipinski definition) is 6. The van der Waals surface area contributed by atoms with Crippen LogP contribution in [-0.4, -0.2) is 76.7 Å². The van der Waals surface area contributed by atoms with Gasteiger partial charge in [-0.1, -0.05) is 0 Å². The Morgan fingerprint density at radius 3 is 2.29 bits per heavy atom. The minimum absolute atomic E-state index is 0.116. The van der Waals surface area contributed by atoms with Crippen LogP contribution < -0.4 is 9.47 Å². The number of hydrogen-bond donors (Lipinski definition) is 0. The highest BCUT2D eigenvalue weighted by atomic mass is 32.2. The van der Waals surface area contributed by atoms with Gasteiger partial charge in [0.25, 0.3) is 0 Å². The van der Waals surface area contributed by atoms with Gasteiger partial charge < -0.3 is 14.4 Å². The molecule has 7 heteroatoms. The maximum atomic E-state index is 12.5. The fourth-order valence-electron chi connectivity index (χ4n) is 3.99. The van der Waals surface area contributed by atoms with Crippen molar-refractivity contribution < 1.29 is 17.9 Å². The van der Waals surface area contributed by atoms with Crippen LogP contribution in [0.5, 0.6) is 11.5 Å². The van der Waals surface area contributed by atoms with E-state index in [-0.39, 0.29) is 23.0 Å². The lowest BCUT2D eigenvalue weighted by Gasteiger charge is -2.25. The van der Waals surface area contributed by atoms with Crippen molar-refractivity contribution in [3.05, 3.63) is 23.8 Å². The molecule has 2 aliphatic rings. The van der Waals surface area contributed by atoms with Gasteiger partial charge >= 0.3 is 0 Å².